The molecular formula is C18H39IN4O. The first kappa shape index (κ1) is 23.9. The van der Waals surface area contributed by atoms with Gasteiger partial charge in [0, 0.05) is 32.3 Å². The lowest BCUT2D eigenvalue weighted by atomic mass is 10.1. The van der Waals surface area contributed by atoms with Crippen LogP contribution < -0.4 is 10.6 Å². The van der Waals surface area contributed by atoms with Crippen LogP contribution in [0.5, 0.6) is 0 Å². The largest absolute Gasteiger partial charge is 0.380 e. The Morgan fingerprint density at radius 3 is 2.50 bits per heavy atom. The molecule has 0 radical (unpaired) electrons. The van der Waals surface area contributed by atoms with E-state index in [0.717, 1.165) is 32.1 Å². The fourth-order valence-corrected chi connectivity index (χ4v) is 2.77. The number of likely N-dealkylation sites (tertiary alicyclic amines) is 1. The van der Waals surface area contributed by atoms with Crippen molar-refractivity contribution in [2.75, 3.05) is 45.9 Å². The molecule has 0 atom stereocenters. The molecule has 6 heteroatoms. The maximum Gasteiger partial charge on any atom is 0.191 e. The van der Waals surface area contributed by atoms with Crippen LogP contribution in [0.15, 0.2) is 4.99 Å². The van der Waals surface area contributed by atoms with E-state index in [0.29, 0.717) is 18.6 Å². The fourth-order valence-electron chi connectivity index (χ4n) is 2.77. The molecule has 2 N–H and O–H groups in total. The Hall–Kier alpha value is -0.0800. The molecule has 144 valence electrons. The van der Waals surface area contributed by atoms with Gasteiger partial charge in [0.25, 0.3) is 0 Å². The summed E-state index contributed by atoms with van der Waals surface area (Å²) >= 11 is 0. The number of hydrogen-bond acceptors (Lipinski definition) is 3. The summed E-state index contributed by atoms with van der Waals surface area (Å²) in [7, 11) is 0. The SMILES string of the molecule is CCCN1CCC(NC(=NCCOCCC(C)C)NCC)CC1.I. The zero-order valence-electron chi connectivity index (χ0n) is 16.1. The van der Waals surface area contributed by atoms with Crippen molar-refractivity contribution >= 4 is 29.9 Å². The van der Waals surface area contributed by atoms with Gasteiger partial charge >= 0.3 is 0 Å². The van der Waals surface area contributed by atoms with Crippen molar-refractivity contribution < 1.29 is 4.74 Å². The summed E-state index contributed by atoms with van der Waals surface area (Å²) in [5, 5.41) is 6.93. The molecule has 0 saturated carbocycles. The van der Waals surface area contributed by atoms with Crippen molar-refractivity contribution in [1.29, 1.82) is 0 Å². The maximum atomic E-state index is 5.63. The summed E-state index contributed by atoms with van der Waals surface area (Å²) in [6.07, 6.45) is 4.78. The molecule has 1 rings (SSSR count). The van der Waals surface area contributed by atoms with Gasteiger partial charge < -0.3 is 20.3 Å². The van der Waals surface area contributed by atoms with Gasteiger partial charge in [-0.15, -0.1) is 24.0 Å². The van der Waals surface area contributed by atoms with Crippen LogP contribution in [-0.4, -0.2) is 62.8 Å². The third-order valence-electron chi connectivity index (χ3n) is 4.16. The summed E-state index contributed by atoms with van der Waals surface area (Å²) in [5.74, 6) is 1.64. The third-order valence-corrected chi connectivity index (χ3v) is 4.16. The average Bonchev–Trinajstić information content (AvgIpc) is 2.52. The van der Waals surface area contributed by atoms with E-state index < -0.39 is 0 Å². The lowest BCUT2D eigenvalue weighted by molar-refractivity contribution is 0.130. The number of hydrogen-bond donors (Lipinski definition) is 2. The van der Waals surface area contributed by atoms with Crippen molar-refractivity contribution in [3.63, 3.8) is 0 Å². The Morgan fingerprint density at radius 2 is 1.92 bits per heavy atom. The van der Waals surface area contributed by atoms with Crippen LogP contribution in [0.1, 0.15) is 53.4 Å². The van der Waals surface area contributed by atoms with Gasteiger partial charge in [-0.05, 0) is 45.1 Å². The van der Waals surface area contributed by atoms with E-state index in [-0.39, 0.29) is 24.0 Å². The normalized spacial score (nSPS) is 17.0. The molecule has 0 amide bonds. The molecule has 1 fully saturated rings. The molecule has 0 spiro atoms. The van der Waals surface area contributed by atoms with E-state index >= 15 is 0 Å². The highest BCUT2D eigenvalue weighted by molar-refractivity contribution is 14.0. The summed E-state index contributed by atoms with van der Waals surface area (Å²) in [6, 6.07) is 0.544. The third kappa shape index (κ3) is 11.5. The van der Waals surface area contributed by atoms with Gasteiger partial charge in [0.1, 0.15) is 0 Å². The quantitative estimate of drug-likeness (QED) is 0.231. The Kier molecular flexibility index (Phi) is 15.1. The van der Waals surface area contributed by atoms with Crippen LogP contribution >= 0.6 is 24.0 Å². The monoisotopic (exact) mass is 454 g/mol. The van der Waals surface area contributed by atoms with Gasteiger partial charge in [-0.25, -0.2) is 0 Å². The number of piperidine rings is 1. The summed E-state index contributed by atoms with van der Waals surface area (Å²) < 4.78 is 5.63. The van der Waals surface area contributed by atoms with Gasteiger partial charge in [-0.1, -0.05) is 20.8 Å². The Labute approximate surface area is 166 Å². The standard InChI is InChI=1S/C18H38N4O.HI/c1-5-11-22-12-7-17(8-13-22)21-18(19-6-2)20-10-15-23-14-9-16(3)4;/h16-17H,5-15H2,1-4H3,(H2,19,20,21);1H. The van der Waals surface area contributed by atoms with Crippen LogP contribution in [-0.2, 0) is 4.74 Å². The van der Waals surface area contributed by atoms with Crippen LogP contribution in [0.2, 0.25) is 0 Å². The average molecular weight is 454 g/mol. The minimum atomic E-state index is 0. The van der Waals surface area contributed by atoms with E-state index in [4.69, 9.17) is 4.74 Å². The summed E-state index contributed by atoms with van der Waals surface area (Å²) in [6.45, 7) is 15.6. The number of halogens is 1. The number of aliphatic imine (C=N–C) groups is 1. The molecule has 24 heavy (non-hydrogen) atoms. The molecule has 1 aliphatic heterocycles. The van der Waals surface area contributed by atoms with E-state index in [1.165, 1.54) is 38.9 Å². The molecule has 0 aromatic rings. The van der Waals surface area contributed by atoms with Crippen LogP contribution in [0.4, 0.5) is 0 Å². The van der Waals surface area contributed by atoms with Crippen molar-refractivity contribution in [2.24, 2.45) is 10.9 Å². The first-order valence-electron chi connectivity index (χ1n) is 9.50. The van der Waals surface area contributed by atoms with Gasteiger partial charge in [0.2, 0.25) is 0 Å². The van der Waals surface area contributed by atoms with Gasteiger partial charge in [-0.2, -0.15) is 0 Å². The highest BCUT2D eigenvalue weighted by Gasteiger charge is 2.19. The predicted octanol–water partition coefficient (Wildman–Crippen LogP) is 3.10. The minimum Gasteiger partial charge on any atom is -0.380 e. The zero-order chi connectivity index (χ0) is 16.9. The highest BCUT2D eigenvalue weighted by atomic mass is 127. The predicted molar refractivity (Wildman–Crippen MR) is 115 cm³/mol. The Morgan fingerprint density at radius 1 is 1.21 bits per heavy atom. The van der Waals surface area contributed by atoms with Gasteiger partial charge in [0.15, 0.2) is 5.96 Å². The fraction of sp³-hybridized carbons (Fsp3) is 0.944. The number of nitrogens with one attached hydrogen (secondary N) is 2. The van der Waals surface area contributed by atoms with E-state index in [1.54, 1.807) is 0 Å². The molecule has 0 aromatic heterocycles. The molecule has 1 saturated heterocycles. The van der Waals surface area contributed by atoms with Crippen molar-refractivity contribution in [3.8, 4) is 0 Å². The molecule has 0 bridgehead atoms. The van der Waals surface area contributed by atoms with Crippen molar-refractivity contribution in [2.45, 2.75) is 59.4 Å². The minimum absolute atomic E-state index is 0. The Bertz CT molecular complexity index is 318. The summed E-state index contributed by atoms with van der Waals surface area (Å²) in [5.41, 5.74) is 0. The first-order valence-corrected chi connectivity index (χ1v) is 9.50. The Balaban J connectivity index is 0.00000529. The van der Waals surface area contributed by atoms with Gasteiger partial charge in [0.05, 0.1) is 13.2 Å². The van der Waals surface area contributed by atoms with Crippen LogP contribution in [0.3, 0.4) is 0 Å². The van der Waals surface area contributed by atoms with Crippen LogP contribution in [0.25, 0.3) is 0 Å². The smallest absolute Gasteiger partial charge is 0.191 e. The number of rotatable bonds is 10. The summed E-state index contributed by atoms with van der Waals surface area (Å²) in [4.78, 5) is 7.20. The van der Waals surface area contributed by atoms with Gasteiger partial charge in [-0.3, -0.25) is 4.99 Å². The van der Waals surface area contributed by atoms with E-state index in [1.807, 2.05) is 0 Å². The second kappa shape index (κ2) is 15.2. The molecule has 1 heterocycles. The second-order valence-electron chi connectivity index (χ2n) is 6.82. The first-order chi connectivity index (χ1) is 11.2. The van der Waals surface area contributed by atoms with Crippen molar-refractivity contribution in [3.05, 3.63) is 0 Å². The lowest BCUT2D eigenvalue weighted by Gasteiger charge is -2.32. The maximum absolute atomic E-state index is 5.63. The number of nitrogens with zero attached hydrogens (tertiary/aromatic N) is 2. The topological polar surface area (TPSA) is 48.9 Å². The number of guanidine groups is 1. The number of ether oxygens (including phenoxy) is 1. The second-order valence-corrected chi connectivity index (χ2v) is 6.82. The van der Waals surface area contributed by atoms with Crippen LogP contribution in [0, 0.1) is 5.92 Å². The molecule has 1 aliphatic rings. The highest BCUT2D eigenvalue weighted by Crippen LogP contribution is 2.10. The van der Waals surface area contributed by atoms with E-state index in [9.17, 15) is 0 Å². The molecular weight excluding hydrogens is 415 g/mol. The molecule has 0 unspecified atom stereocenters. The molecule has 0 aromatic carbocycles. The molecule has 5 nitrogen and oxygen atoms in total. The lowest BCUT2D eigenvalue weighted by Crippen LogP contribution is -2.48. The zero-order valence-corrected chi connectivity index (χ0v) is 18.5. The molecule has 0 aliphatic carbocycles. The van der Waals surface area contributed by atoms with E-state index in [2.05, 4.69) is 48.2 Å². The van der Waals surface area contributed by atoms with Crippen molar-refractivity contribution in [1.82, 2.24) is 15.5 Å².